The van der Waals surface area contributed by atoms with Crippen LogP contribution in [0.4, 0.5) is 5.69 Å². The molecule has 0 unspecified atom stereocenters. The molecule has 2 aliphatic rings. The molecule has 0 N–H and O–H groups in total. The normalized spacial score (nSPS) is 16.0. The van der Waals surface area contributed by atoms with Gasteiger partial charge in [-0.25, -0.2) is 9.79 Å². The molecule has 2 aliphatic heterocycles. The summed E-state index contributed by atoms with van der Waals surface area (Å²) >= 11 is 1.07. The second-order valence-electron chi connectivity index (χ2n) is 9.23. The third-order valence-electron chi connectivity index (χ3n) is 6.95. The van der Waals surface area contributed by atoms with E-state index < -0.39 is 22.5 Å². The van der Waals surface area contributed by atoms with Crippen molar-refractivity contribution in [2.75, 3.05) is 20.5 Å². The Morgan fingerprint density at radius 1 is 1.22 bits per heavy atom. The van der Waals surface area contributed by atoms with Gasteiger partial charge in [-0.15, -0.1) is 0 Å². The number of aromatic nitrogens is 1. The summed E-state index contributed by atoms with van der Waals surface area (Å²) in [5.41, 5.74) is 0.653. The van der Waals surface area contributed by atoms with Gasteiger partial charge >= 0.3 is 5.97 Å². The number of fused-ring (bicyclic) bond motifs is 3. The Morgan fingerprint density at radius 3 is 2.71 bits per heavy atom. The number of nitro groups is 1. The summed E-state index contributed by atoms with van der Waals surface area (Å²) in [5, 5.41) is 13.5. The Hall–Kier alpha value is -4.97. The average molecular weight is 574 g/mol. The summed E-state index contributed by atoms with van der Waals surface area (Å²) in [5.74, 6) is 0.474. The molecule has 208 valence electrons. The van der Waals surface area contributed by atoms with Gasteiger partial charge in [-0.2, -0.15) is 0 Å². The number of carbonyl (C=O) groups excluding carboxylic acids is 1. The molecule has 11 nitrogen and oxygen atoms in total. The molecule has 6 rings (SSSR count). The lowest BCUT2D eigenvalue weighted by atomic mass is 9.90. The van der Waals surface area contributed by atoms with Crippen molar-refractivity contribution in [3.8, 4) is 17.2 Å². The summed E-state index contributed by atoms with van der Waals surface area (Å²) in [6.07, 6.45) is 1.44. The minimum atomic E-state index is -0.930. The molecule has 0 radical (unpaired) electrons. The van der Waals surface area contributed by atoms with E-state index in [1.54, 1.807) is 19.9 Å². The van der Waals surface area contributed by atoms with Crippen LogP contribution in [0.15, 0.2) is 69.6 Å². The molecular formula is C29H23N3O8S. The lowest BCUT2D eigenvalue weighted by molar-refractivity contribution is -0.385. The summed E-state index contributed by atoms with van der Waals surface area (Å²) in [6, 6.07) is 13.1. The standard InChI is InChI=1S/C29H23N3O8S/c1-4-38-28(34)24-15(2)30-29-31(26(24)25-18-8-6-5-7-16(18)9-10-20(25)37-3)27(33)23(41-29)12-17-11-21-22(40-14-39-21)13-19(17)32(35)36/h5-13,26H,4,14H2,1-3H3/b23-12-/t26-/m1/s1. The second-order valence-corrected chi connectivity index (χ2v) is 10.2. The molecule has 3 aromatic carbocycles. The largest absolute Gasteiger partial charge is 0.496 e. The van der Waals surface area contributed by atoms with Crippen LogP contribution >= 0.6 is 11.3 Å². The predicted molar refractivity (Wildman–Crippen MR) is 150 cm³/mol. The molecule has 1 atom stereocenters. The van der Waals surface area contributed by atoms with Crippen LogP contribution in [0.5, 0.6) is 17.2 Å². The highest BCUT2D eigenvalue weighted by Crippen LogP contribution is 2.41. The summed E-state index contributed by atoms with van der Waals surface area (Å²) in [6.45, 7) is 3.47. The molecule has 1 aromatic heterocycles. The minimum Gasteiger partial charge on any atom is -0.496 e. The van der Waals surface area contributed by atoms with Crippen molar-refractivity contribution in [2.45, 2.75) is 19.9 Å². The number of ether oxygens (including phenoxy) is 4. The number of benzene rings is 3. The number of carbonyl (C=O) groups is 1. The van der Waals surface area contributed by atoms with Gasteiger partial charge < -0.3 is 18.9 Å². The average Bonchev–Trinajstić information content (AvgIpc) is 3.54. The first-order valence-corrected chi connectivity index (χ1v) is 13.5. The quantitative estimate of drug-likeness (QED) is 0.194. The van der Waals surface area contributed by atoms with Gasteiger partial charge in [0.25, 0.3) is 11.2 Å². The van der Waals surface area contributed by atoms with E-state index >= 15 is 0 Å². The van der Waals surface area contributed by atoms with Crippen LogP contribution in [-0.4, -0.2) is 36.0 Å². The molecule has 3 heterocycles. The SMILES string of the molecule is CCOC(=O)C1=C(C)N=c2s/c(=C\c3cc4c(cc3[N+](=O)[O-])OCO4)c(=O)n2[C@H]1c1c(OC)ccc2ccccc12. The molecule has 0 saturated carbocycles. The molecule has 0 bridgehead atoms. The smallest absolute Gasteiger partial charge is 0.338 e. The van der Waals surface area contributed by atoms with Crippen LogP contribution in [0.1, 0.15) is 31.0 Å². The Bertz CT molecular complexity index is 1970. The highest BCUT2D eigenvalue weighted by atomic mass is 32.1. The first-order chi connectivity index (χ1) is 19.8. The van der Waals surface area contributed by atoms with Crippen molar-refractivity contribution in [3.63, 3.8) is 0 Å². The maximum atomic E-state index is 14.1. The van der Waals surface area contributed by atoms with Gasteiger partial charge in [0.15, 0.2) is 16.3 Å². The van der Waals surface area contributed by atoms with E-state index in [1.807, 2.05) is 30.3 Å². The van der Waals surface area contributed by atoms with Crippen LogP contribution in [-0.2, 0) is 9.53 Å². The Kier molecular flexibility index (Phi) is 6.54. The van der Waals surface area contributed by atoms with E-state index in [0.29, 0.717) is 27.6 Å². The van der Waals surface area contributed by atoms with Gasteiger partial charge in [-0.05, 0) is 42.8 Å². The lowest BCUT2D eigenvalue weighted by Gasteiger charge is -2.27. The fourth-order valence-corrected chi connectivity index (χ4v) is 6.20. The third-order valence-corrected chi connectivity index (χ3v) is 7.93. The second kappa shape index (κ2) is 10.2. The van der Waals surface area contributed by atoms with Crippen molar-refractivity contribution in [1.29, 1.82) is 0 Å². The highest BCUT2D eigenvalue weighted by Gasteiger charge is 2.36. The fraction of sp³-hybridized carbons (Fsp3) is 0.207. The van der Waals surface area contributed by atoms with Crippen LogP contribution in [0, 0.1) is 10.1 Å². The number of nitro benzene ring substituents is 1. The summed E-state index contributed by atoms with van der Waals surface area (Å²) < 4.78 is 23.5. The Morgan fingerprint density at radius 2 is 1.98 bits per heavy atom. The number of nitrogens with zero attached hydrogens (tertiary/aromatic N) is 3. The molecule has 0 fully saturated rings. The molecule has 12 heteroatoms. The topological polar surface area (TPSA) is 131 Å². The predicted octanol–water partition coefficient (Wildman–Crippen LogP) is 3.60. The number of hydrogen-bond donors (Lipinski definition) is 0. The number of rotatable bonds is 6. The monoisotopic (exact) mass is 573 g/mol. The number of esters is 1. The zero-order chi connectivity index (χ0) is 28.8. The van der Waals surface area contributed by atoms with Gasteiger partial charge in [0.1, 0.15) is 11.8 Å². The van der Waals surface area contributed by atoms with Gasteiger partial charge in [-0.1, -0.05) is 41.7 Å². The van der Waals surface area contributed by atoms with E-state index in [9.17, 15) is 19.7 Å². The molecule has 4 aromatic rings. The van der Waals surface area contributed by atoms with Crippen molar-refractivity contribution in [2.24, 2.45) is 4.99 Å². The van der Waals surface area contributed by atoms with E-state index in [4.69, 9.17) is 18.9 Å². The van der Waals surface area contributed by atoms with Crippen LogP contribution < -0.4 is 29.1 Å². The number of hydrogen-bond acceptors (Lipinski definition) is 10. The molecule has 0 aliphatic carbocycles. The zero-order valence-electron chi connectivity index (χ0n) is 22.2. The molecule has 41 heavy (non-hydrogen) atoms. The Balaban J connectivity index is 1.65. The lowest BCUT2D eigenvalue weighted by Crippen LogP contribution is -2.40. The number of thiazole rings is 1. The fourth-order valence-electron chi connectivity index (χ4n) is 5.16. The molecule has 0 spiro atoms. The van der Waals surface area contributed by atoms with Crippen molar-refractivity contribution < 1.29 is 28.7 Å². The van der Waals surface area contributed by atoms with Crippen molar-refractivity contribution in [3.05, 3.63) is 101 Å². The first-order valence-electron chi connectivity index (χ1n) is 12.7. The minimum absolute atomic E-state index is 0.0547. The van der Waals surface area contributed by atoms with Gasteiger partial charge in [0, 0.05) is 5.56 Å². The van der Waals surface area contributed by atoms with Crippen LogP contribution in [0.2, 0.25) is 0 Å². The van der Waals surface area contributed by atoms with E-state index in [0.717, 1.165) is 22.1 Å². The zero-order valence-corrected chi connectivity index (χ0v) is 23.0. The molecule has 0 amide bonds. The highest BCUT2D eigenvalue weighted by molar-refractivity contribution is 7.07. The molecule has 0 saturated heterocycles. The Labute approximate surface area is 236 Å². The van der Waals surface area contributed by atoms with Crippen molar-refractivity contribution in [1.82, 2.24) is 4.57 Å². The number of methoxy groups -OCH3 is 1. The van der Waals surface area contributed by atoms with Crippen LogP contribution in [0.25, 0.3) is 16.8 Å². The van der Waals surface area contributed by atoms with Gasteiger partial charge in [0.05, 0.1) is 46.1 Å². The van der Waals surface area contributed by atoms with Crippen molar-refractivity contribution >= 4 is 39.8 Å². The maximum absolute atomic E-state index is 14.1. The number of allylic oxidation sites excluding steroid dienone is 1. The van der Waals surface area contributed by atoms with Gasteiger partial charge in [0.2, 0.25) is 6.79 Å². The van der Waals surface area contributed by atoms with E-state index in [1.165, 1.54) is 29.9 Å². The summed E-state index contributed by atoms with van der Waals surface area (Å²) in [4.78, 5) is 43.7. The molecular weight excluding hydrogens is 550 g/mol. The third kappa shape index (κ3) is 4.32. The van der Waals surface area contributed by atoms with E-state index in [-0.39, 0.29) is 40.5 Å². The van der Waals surface area contributed by atoms with Gasteiger partial charge in [-0.3, -0.25) is 19.5 Å². The maximum Gasteiger partial charge on any atom is 0.338 e. The van der Waals surface area contributed by atoms with Crippen LogP contribution in [0.3, 0.4) is 0 Å². The summed E-state index contributed by atoms with van der Waals surface area (Å²) in [7, 11) is 1.52. The van der Waals surface area contributed by atoms with E-state index in [2.05, 4.69) is 4.99 Å². The first kappa shape index (κ1) is 26.3.